The lowest BCUT2D eigenvalue weighted by atomic mass is 10.1. The molecule has 15 heavy (non-hydrogen) atoms. The number of aryl methyl sites for hydroxylation is 2. The normalized spacial score (nSPS) is 20.5. The maximum atomic E-state index is 11.9. The molecule has 1 saturated heterocycles. The van der Waals surface area contributed by atoms with E-state index in [0.717, 1.165) is 35.0 Å². The van der Waals surface area contributed by atoms with Crippen LogP contribution in [0.3, 0.4) is 0 Å². The molecular weight excluding hydrogens is 210 g/mol. The summed E-state index contributed by atoms with van der Waals surface area (Å²) in [6.45, 7) is 3.81. The smallest absolute Gasteiger partial charge is 0.228 e. The molecule has 1 amide bonds. The van der Waals surface area contributed by atoms with Gasteiger partial charge in [-0.1, -0.05) is 0 Å². The predicted octanol–water partition coefficient (Wildman–Crippen LogP) is 1.72. The average Bonchev–Trinajstić information content (AvgIpc) is 2.82. The minimum atomic E-state index is 0.132. The minimum absolute atomic E-state index is 0.132. The fourth-order valence-electron chi connectivity index (χ4n) is 1.70. The lowest BCUT2D eigenvalue weighted by Crippen LogP contribution is -2.22. The number of H-pyrrole nitrogens is 1. The van der Waals surface area contributed by atoms with Crippen molar-refractivity contribution in [1.82, 2.24) is 10.2 Å². The molecule has 0 spiro atoms. The van der Waals surface area contributed by atoms with Crippen LogP contribution in [0.5, 0.6) is 0 Å². The number of nitrogens with zero attached hydrogens (tertiary/aromatic N) is 1. The Balaban J connectivity index is 2.05. The van der Waals surface area contributed by atoms with Gasteiger partial charge < -0.3 is 5.32 Å². The molecule has 0 radical (unpaired) electrons. The van der Waals surface area contributed by atoms with Crippen LogP contribution < -0.4 is 5.32 Å². The van der Waals surface area contributed by atoms with E-state index in [9.17, 15) is 4.79 Å². The number of aromatic nitrogens is 2. The fraction of sp³-hybridized carbons (Fsp3) is 0.600. The minimum Gasteiger partial charge on any atom is -0.323 e. The Morgan fingerprint density at radius 1 is 1.60 bits per heavy atom. The number of hydrogen-bond donors (Lipinski definition) is 2. The third kappa shape index (κ3) is 2.17. The molecule has 4 nitrogen and oxygen atoms in total. The summed E-state index contributed by atoms with van der Waals surface area (Å²) < 4.78 is 0. The van der Waals surface area contributed by atoms with Crippen LogP contribution in [0, 0.1) is 19.8 Å². The van der Waals surface area contributed by atoms with E-state index in [4.69, 9.17) is 0 Å². The first-order valence-electron chi connectivity index (χ1n) is 5.08. The first-order chi connectivity index (χ1) is 7.18. The third-order valence-electron chi connectivity index (χ3n) is 2.68. The lowest BCUT2D eigenvalue weighted by molar-refractivity contribution is -0.119. The Labute approximate surface area is 93.2 Å². The molecule has 2 heterocycles. The Morgan fingerprint density at radius 2 is 2.40 bits per heavy atom. The topological polar surface area (TPSA) is 57.8 Å². The van der Waals surface area contributed by atoms with E-state index in [0.29, 0.717) is 0 Å². The van der Waals surface area contributed by atoms with Crippen LogP contribution in [0.25, 0.3) is 0 Å². The van der Waals surface area contributed by atoms with Gasteiger partial charge in [0, 0.05) is 11.7 Å². The fourth-order valence-corrected chi connectivity index (χ4v) is 2.92. The van der Waals surface area contributed by atoms with Crippen molar-refractivity contribution >= 4 is 23.4 Å². The molecule has 0 saturated carbocycles. The highest BCUT2D eigenvalue weighted by Gasteiger charge is 2.24. The van der Waals surface area contributed by atoms with Crippen LogP contribution in [0.15, 0.2) is 0 Å². The molecule has 2 N–H and O–H groups in total. The number of amides is 1. The molecule has 82 valence electrons. The Hall–Kier alpha value is -0.970. The Bertz CT molecular complexity index is 349. The number of nitrogens with one attached hydrogen (secondary N) is 2. The quantitative estimate of drug-likeness (QED) is 0.805. The van der Waals surface area contributed by atoms with Crippen molar-refractivity contribution in [2.24, 2.45) is 5.92 Å². The Morgan fingerprint density at radius 3 is 2.93 bits per heavy atom. The molecule has 5 heteroatoms. The molecule has 1 aromatic rings. The van der Waals surface area contributed by atoms with Gasteiger partial charge in [-0.15, -0.1) is 0 Å². The van der Waals surface area contributed by atoms with Crippen LogP contribution in [0.4, 0.5) is 5.69 Å². The first-order valence-corrected chi connectivity index (χ1v) is 6.24. The maximum Gasteiger partial charge on any atom is 0.228 e. The molecule has 0 bridgehead atoms. The van der Waals surface area contributed by atoms with Gasteiger partial charge in [0.25, 0.3) is 0 Å². The summed E-state index contributed by atoms with van der Waals surface area (Å²) in [6, 6.07) is 0. The van der Waals surface area contributed by atoms with Crippen molar-refractivity contribution in [3.05, 3.63) is 11.4 Å². The number of aromatic amines is 1. The maximum absolute atomic E-state index is 11.9. The molecule has 0 aliphatic carbocycles. The van der Waals surface area contributed by atoms with Crippen molar-refractivity contribution in [2.75, 3.05) is 16.8 Å². The summed E-state index contributed by atoms with van der Waals surface area (Å²) in [5.41, 5.74) is 2.62. The highest BCUT2D eigenvalue weighted by molar-refractivity contribution is 7.99. The average molecular weight is 225 g/mol. The SMILES string of the molecule is Cc1n[nH]c(C)c1NC(=O)C1CCSC1. The molecule has 1 aliphatic heterocycles. The summed E-state index contributed by atoms with van der Waals surface area (Å²) in [4.78, 5) is 11.9. The van der Waals surface area contributed by atoms with Crippen molar-refractivity contribution in [3.8, 4) is 0 Å². The van der Waals surface area contributed by atoms with E-state index in [1.807, 2.05) is 25.6 Å². The largest absolute Gasteiger partial charge is 0.323 e. The van der Waals surface area contributed by atoms with Gasteiger partial charge in [0.2, 0.25) is 5.91 Å². The van der Waals surface area contributed by atoms with Crippen LogP contribution in [0.1, 0.15) is 17.8 Å². The van der Waals surface area contributed by atoms with E-state index >= 15 is 0 Å². The van der Waals surface area contributed by atoms with E-state index in [-0.39, 0.29) is 11.8 Å². The number of hydrogen-bond acceptors (Lipinski definition) is 3. The molecule has 0 aromatic carbocycles. The summed E-state index contributed by atoms with van der Waals surface area (Å²) >= 11 is 1.85. The molecule has 1 unspecified atom stereocenters. The zero-order chi connectivity index (χ0) is 10.8. The molecule has 1 aliphatic rings. The van der Waals surface area contributed by atoms with Gasteiger partial charge in [-0.05, 0) is 26.0 Å². The van der Waals surface area contributed by atoms with Crippen molar-refractivity contribution in [1.29, 1.82) is 0 Å². The van der Waals surface area contributed by atoms with E-state index in [2.05, 4.69) is 15.5 Å². The zero-order valence-corrected chi connectivity index (χ0v) is 9.78. The second-order valence-electron chi connectivity index (χ2n) is 3.86. The van der Waals surface area contributed by atoms with Crippen molar-refractivity contribution in [3.63, 3.8) is 0 Å². The van der Waals surface area contributed by atoms with Crippen LogP contribution in [-0.2, 0) is 4.79 Å². The van der Waals surface area contributed by atoms with Gasteiger partial charge in [0.05, 0.1) is 17.1 Å². The van der Waals surface area contributed by atoms with Gasteiger partial charge in [-0.25, -0.2) is 0 Å². The van der Waals surface area contributed by atoms with Gasteiger partial charge in [-0.2, -0.15) is 16.9 Å². The lowest BCUT2D eigenvalue weighted by Gasteiger charge is -2.09. The van der Waals surface area contributed by atoms with Crippen LogP contribution in [-0.4, -0.2) is 27.6 Å². The van der Waals surface area contributed by atoms with Crippen molar-refractivity contribution in [2.45, 2.75) is 20.3 Å². The standard InChI is InChI=1S/C10H15N3OS/c1-6-9(7(2)13-12-6)11-10(14)8-3-4-15-5-8/h8H,3-5H2,1-2H3,(H,11,14)(H,12,13). The number of anilines is 1. The van der Waals surface area contributed by atoms with Gasteiger partial charge in [-0.3, -0.25) is 9.89 Å². The van der Waals surface area contributed by atoms with Crippen molar-refractivity contribution < 1.29 is 4.79 Å². The number of carbonyl (C=O) groups excluding carboxylic acids is 1. The molecular formula is C10H15N3OS. The monoisotopic (exact) mass is 225 g/mol. The summed E-state index contributed by atoms with van der Waals surface area (Å²) in [5.74, 6) is 2.35. The summed E-state index contributed by atoms with van der Waals surface area (Å²) in [5, 5.41) is 9.87. The highest BCUT2D eigenvalue weighted by atomic mass is 32.2. The number of thioether (sulfide) groups is 1. The van der Waals surface area contributed by atoms with E-state index in [1.165, 1.54) is 0 Å². The van der Waals surface area contributed by atoms with Gasteiger partial charge >= 0.3 is 0 Å². The van der Waals surface area contributed by atoms with Gasteiger partial charge in [0.15, 0.2) is 0 Å². The number of rotatable bonds is 2. The summed E-state index contributed by atoms with van der Waals surface area (Å²) in [7, 11) is 0. The highest BCUT2D eigenvalue weighted by Crippen LogP contribution is 2.25. The first kappa shape index (κ1) is 10.5. The van der Waals surface area contributed by atoms with E-state index in [1.54, 1.807) is 0 Å². The molecule has 1 fully saturated rings. The Kier molecular flexibility index (Phi) is 3.00. The zero-order valence-electron chi connectivity index (χ0n) is 8.96. The van der Waals surface area contributed by atoms with Crippen LogP contribution in [0.2, 0.25) is 0 Å². The summed E-state index contributed by atoms with van der Waals surface area (Å²) in [6.07, 6.45) is 0.993. The third-order valence-corrected chi connectivity index (χ3v) is 3.84. The number of carbonyl (C=O) groups is 1. The van der Waals surface area contributed by atoms with Crippen LogP contribution >= 0.6 is 11.8 Å². The second-order valence-corrected chi connectivity index (χ2v) is 5.01. The van der Waals surface area contributed by atoms with E-state index < -0.39 is 0 Å². The van der Waals surface area contributed by atoms with Gasteiger partial charge in [0.1, 0.15) is 0 Å². The molecule has 1 atom stereocenters. The molecule has 2 rings (SSSR count). The second kappa shape index (κ2) is 4.26. The molecule has 1 aromatic heterocycles. The predicted molar refractivity (Wildman–Crippen MR) is 62.1 cm³/mol.